The highest BCUT2D eigenvalue weighted by atomic mass is 16.6. The van der Waals surface area contributed by atoms with Gasteiger partial charge in [-0.25, -0.2) is 0 Å². The Bertz CT molecular complexity index is 1940. The van der Waals surface area contributed by atoms with E-state index in [0.717, 1.165) is 55.5 Å². The average molecular weight is 551 g/mol. The van der Waals surface area contributed by atoms with Crippen LogP contribution < -0.4 is 10.6 Å². The predicted octanol–water partition coefficient (Wildman–Crippen LogP) is 4.50. The Morgan fingerprint density at radius 1 is 1.10 bits per heavy atom. The van der Waals surface area contributed by atoms with Gasteiger partial charge in [0.2, 0.25) is 5.91 Å². The zero-order chi connectivity index (χ0) is 28.5. The first-order chi connectivity index (χ1) is 19.9. The van der Waals surface area contributed by atoms with Crippen molar-refractivity contribution in [2.75, 3.05) is 20.2 Å². The molecule has 1 amide bonds. The molecule has 3 unspecified atom stereocenters. The highest BCUT2D eigenvalue weighted by Crippen LogP contribution is 2.55. The topological polar surface area (TPSA) is 104 Å². The number of hydrogen-bond donors (Lipinski definition) is 2. The molecule has 2 aromatic heterocycles. The van der Waals surface area contributed by atoms with Crippen molar-refractivity contribution in [3.63, 3.8) is 0 Å². The van der Waals surface area contributed by atoms with Gasteiger partial charge in [0.05, 0.1) is 28.6 Å². The molecule has 0 spiro atoms. The number of nitrogens with zero attached hydrogens (tertiary/aromatic N) is 2. The van der Waals surface area contributed by atoms with Crippen LogP contribution in [0.5, 0.6) is 0 Å². The first-order valence-corrected chi connectivity index (χ1v) is 13.8. The summed E-state index contributed by atoms with van der Waals surface area (Å²) >= 11 is 0. The number of benzene rings is 3. The van der Waals surface area contributed by atoms with Gasteiger partial charge in [0.25, 0.3) is 0 Å². The van der Waals surface area contributed by atoms with Crippen LogP contribution in [0.2, 0.25) is 0 Å². The molecule has 7 rings (SSSR count). The molecule has 2 aliphatic rings. The van der Waals surface area contributed by atoms with Crippen molar-refractivity contribution < 1.29 is 23.9 Å². The molecule has 41 heavy (non-hydrogen) atoms. The summed E-state index contributed by atoms with van der Waals surface area (Å²) in [6.45, 7) is 6.13. The highest BCUT2D eigenvalue weighted by Gasteiger charge is 2.55. The number of aldehydes is 1. The van der Waals surface area contributed by atoms with E-state index in [2.05, 4.69) is 32.4 Å². The average Bonchev–Trinajstić information content (AvgIpc) is 3.60. The normalized spacial score (nSPS) is 21.1. The fourth-order valence-electron chi connectivity index (χ4n) is 7.08. The lowest BCUT2D eigenvalue weighted by atomic mass is 9.93. The van der Waals surface area contributed by atoms with Crippen LogP contribution in [-0.4, -0.2) is 47.5 Å². The van der Waals surface area contributed by atoms with Gasteiger partial charge in [0, 0.05) is 40.1 Å². The SMILES string of the molecule is C=CC(=O)NCCOC(=O)C1CC2OC1(C)n1c3ccccc3c3c(CNC)c(C=O)c4c5ccccc5n2c4c31. The third-order valence-electron chi connectivity index (χ3n) is 8.68. The number of aromatic nitrogens is 2. The van der Waals surface area contributed by atoms with E-state index >= 15 is 0 Å². The molecule has 3 aromatic carbocycles. The summed E-state index contributed by atoms with van der Waals surface area (Å²) in [4.78, 5) is 38.1. The standard InChI is InChI=1S/C32H30N4O5/c1-4-25(38)34-13-14-40-31(39)22-15-26-35-23-11-7-5-9-18(23)28-21(17-37)20(16-33-3)27-19-10-6-8-12-24(19)36(30(27)29(28)35)32(22,2)41-26/h4-12,17,22,26,33H,1,13-16H2,2-3H3,(H,34,38). The molecule has 0 radical (unpaired) electrons. The van der Waals surface area contributed by atoms with Crippen molar-refractivity contribution in [2.24, 2.45) is 5.92 Å². The van der Waals surface area contributed by atoms with Gasteiger partial charge in [0.15, 0.2) is 12.0 Å². The van der Waals surface area contributed by atoms with E-state index < -0.39 is 17.9 Å². The molecule has 2 N–H and O–H groups in total. The number of fused-ring (bicyclic) bond motifs is 10. The number of para-hydroxylation sites is 2. The van der Waals surface area contributed by atoms with Crippen molar-refractivity contribution in [1.29, 1.82) is 0 Å². The van der Waals surface area contributed by atoms with Crippen LogP contribution in [0.15, 0.2) is 61.2 Å². The van der Waals surface area contributed by atoms with E-state index in [9.17, 15) is 14.4 Å². The largest absolute Gasteiger partial charge is 0.463 e. The van der Waals surface area contributed by atoms with E-state index in [1.807, 2.05) is 56.4 Å². The molecule has 9 heteroatoms. The fourth-order valence-corrected chi connectivity index (χ4v) is 7.08. The van der Waals surface area contributed by atoms with Crippen molar-refractivity contribution >= 4 is 61.8 Å². The third kappa shape index (κ3) is 3.39. The predicted molar refractivity (Wildman–Crippen MR) is 157 cm³/mol. The Morgan fingerprint density at radius 3 is 2.51 bits per heavy atom. The zero-order valence-corrected chi connectivity index (χ0v) is 22.9. The Kier molecular flexibility index (Phi) is 5.78. The molecule has 2 aliphatic heterocycles. The molecule has 208 valence electrons. The Labute approximate surface area is 235 Å². The van der Waals surface area contributed by atoms with Crippen LogP contribution in [0.1, 0.15) is 35.5 Å². The van der Waals surface area contributed by atoms with Crippen molar-refractivity contribution in [1.82, 2.24) is 19.8 Å². The Balaban J connectivity index is 1.53. The number of carbonyl (C=O) groups is 3. The Morgan fingerprint density at radius 2 is 1.80 bits per heavy atom. The van der Waals surface area contributed by atoms with Crippen LogP contribution in [0.4, 0.5) is 0 Å². The monoisotopic (exact) mass is 550 g/mol. The van der Waals surface area contributed by atoms with E-state index in [1.54, 1.807) is 0 Å². The third-order valence-corrected chi connectivity index (χ3v) is 8.68. The van der Waals surface area contributed by atoms with Crippen molar-refractivity contribution in [2.45, 2.75) is 31.8 Å². The van der Waals surface area contributed by atoms with Crippen LogP contribution in [0.25, 0.3) is 43.6 Å². The molecular formula is C32H30N4O5. The first-order valence-electron chi connectivity index (χ1n) is 13.8. The van der Waals surface area contributed by atoms with Gasteiger partial charge in [0.1, 0.15) is 18.8 Å². The fraction of sp³-hybridized carbons (Fsp3) is 0.281. The van der Waals surface area contributed by atoms with Gasteiger partial charge in [-0.3, -0.25) is 14.4 Å². The van der Waals surface area contributed by atoms with Gasteiger partial charge in [-0.15, -0.1) is 0 Å². The molecule has 1 saturated heterocycles. The molecule has 5 aromatic rings. The summed E-state index contributed by atoms with van der Waals surface area (Å²) in [5, 5.41) is 9.75. The number of ether oxygens (including phenoxy) is 2. The van der Waals surface area contributed by atoms with E-state index in [0.29, 0.717) is 18.5 Å². The van der Waals surface area contributed by atoms with Gasteiger partial charge >= 0.3 is 5.97 Å². The number of hydrogen-bond acceptors (Lipinski definition) is 6. The first kappa shape index (κ1) is 25.5. The van der Waals surface area contributed by atoms with Crippen molar-refractivity contribution in [3.05, 3.63) is 72.3 Å². The van der Waals surface area contributed by atoms with Crippen LogP contribution >= 0.6 is 0 Å². The second-order valence-corrected chi connectivity index (χ2v) is 10.8. The lowest BCUT2D eigenvalue weighted by Crippen LogP contribution is -2.41. The highest BCUT2D eigenvalue weighted by molar-refractivity contribution is 6.28. The quantitative estimate of drug-likeness (QED) is 0.128. The smallest absolute Gasteiger partial charge is 0.314 e. The minimum absolute atomic E-state index is 0.0415. The summed E-state index contributed by atoms with van der Waals surface area (Å²) < 4.78 is 16.9. The van der Waals surface area contributed by atoms with Crippen LogP contribution in [0, 0.1) is 5.92 Å². The molecule has 1 fully saturated rings. The maximum absolute atomic E-state index is 13.7. The van der Waals surface area contributed by atoms with Crippen molar-refractivity contribution in [3.8, 4) is 0 Å². The van der Waals surface area contributed by atoms with Gasteiger partial charge in [-0.05, 0) is 37.7 Å². The number of carbonyl (C=O) groups excluding carboxylic acids is 3. The van der Waals surface area contributed by atoms with E-state index in [-0.39, 0.29) is 25.0 Å². The summed E-state index contributed by atoms with van der Waals surface area (Å²) in [5.41, 5.74) is 4.26. The minimum atomic E-state index is -1.07. The number of amides is 1. The summed E-state index contributed by atoms with van der Waals surface area (Å²) in [6.07, 6.45) is 2.09. The molecule has 4 heterocycles. The van der Waals surface area contributed by atoms with E-state index in [4.69, 9.17) is 9.47 Å². The van der Waals surface area contributed by atoms with Crippen LogP contribution in [0.3, 0.4) is 0 Å². The summed E-state index contributed by atoms with van der Waals surface area (Å²) in [7, 11) is 1.88. The van der Waals surface area contributed by atoms with Crippen LogP contribution in [-0.2, 0) is 31.3 Å². The molecule has 2 bridgehead atoms. The minimum Gasteiger partial charge on any atom is -0.463 e. The van der Waals surface area contributed by atoms with Gasteiger partial charge in [-0.2, -0.15) is 0 Å². The molecular weight excluding hydrogens is 520 g/mol. The number of nitrogens with one attached hydrogen (secondary N) is 2. The molecule has 0 aliphatic carbocycles. The molecule has 9 nitrogen and oxygen atoms in total. The second kappa shape index (κ2) is 9.29. The Hall–Kier alpha value is -4.47. The second-order valence-electron chi connectivity index (χ2n) is 10.8. The molecule has 0 saturated carbocycles. The van der Waals surface area contributed by atoms with Gasteiger partial charge in [-0.1, -0.05) is 43.0 Å². The molecule has 3 atom stereocenters. The van der Waals surface area contributed by atoms with Gasteiger partial charge < -0.3 is 29.2 Å². The lowest BCUT2D eigenvalue weighted by Gasteiger charge is -2.32. The number of esters is 1. The summed E-state index contributed by atoms with van der Waals surface area (Å²) in [6, 6.07) is 16.1. The van der Waals surface area contributed by atoms with E-state index in [1.165, 1.54) is 6.08 Å². The zero-order valence-electron chi connectivity index (χ0n) is 22.9. The maximum atomic E-state index is 13.7. The maximum Gasteiger partial charge on any atom is 0.314 e. The lowest BCUT2D eigenvalue weighted by molar-refractivity contribution is -0.164. The number of rotatable bonds is 8. The summed E-state index contributed by atoms with van der Waals surface area (Å²) in [5.74, 6) is -1.33.